The smallest absolute Gasteiger partial charge is 0.870 e. The van der Waals surface area contributed by atoms with Crippen molar-refractivity contribution in [1.82, 2.24) is 4.90 Å². The van der Waals surface area contributed by atoms with Crippen LogP contribution in [0.5, 0.6) is 11.5 Å². The van der Waals surface area contributed by atoms with E-state index in [4.69, 9.17) is 9.47 Å². The van der Waals surface area contributed by atoms with Crippen molar-refractivity contribution < 1.29 is 57.8 Å². The molecule has 2 heterocycles. The molecule has 4 atom stereocenters. The number of hydrogen-bond acceptors (Lipinski definition) is 5. The number of piperidine rings is 1. The van der Waals surface area contributed by atoms with Crippen molar-refractivity contribution in [1.29, 1.82) is 0 Å². The Kier molecular flexibility index (Phi) is 5.77. The monoisotopic (exact) mass is 330 g/mol. The van der Waals surface area contributed by atoms with Gasteiger partial charge in [0.25, 0.3) is 0 Å². The fourth-order valence-corrected chi connectivity index (χ4v) is 5.62. The zero-order valence-corrected chi connectivity index (χ0v) is 15.5. The van der Waals surface area contributed by atoms with Crippen LogP contribution >= 0.6 is 0 Å². The van der Waals surface area contributed by atoms with Gasteiger partial charge in [-0.25, -0.2) is 0 Å². The molecule has 4 aliphatic rings. The minimum Gasteiger partial charge on any atom is -0.870 e. The topological polar surface area (TPSA) is 74.8 Å². The molecule has 0 radical (unpaired) electrons. The third kappa shape index (κ3) is 2.28. The van der Waals surface area contributed by atoms with Crippen molar-refractivity contribution >= 4 is 0 Å². The molecule has 1 saturated heterocycles. The Morgan fingerprint density at radius 1 is 1.32 bits per heavy atom. The quantitative estimate of drug-likeness (QED) is 0.380. The van der Waals surface area contributed by atoms with Crippen molar-refractivity contribution in [3.05, 3.63) is 29.7 Å². The summed E-state index contributed by atoms with van der Waals surface area (Å²) in [6.07, 6.45) is 5.44. The molecule has 0 aromatic heterocycles. The Morgan fingerprint density at radius 2 is 2.08 bits per heavy atom. The number of benzene rings is 1. The summed E-state index contributed by atoms with van der Waals surface area (Å²) in [6.45, 7) is 0.971. The molecule has 2 bridgehead atoms. The number of methoxy groups -OCH3 is 1. The molecule has 1 aromatic rings. The van der Waals surface area contributed by atoms with Gasteiger partial charge < -0.3 is 25.0 Å². The fourth-order valence-electron chi connectivity index (χ4n) is 5.62. The Labute approximate surface area is 173 Å². The first-order chi connectivity index (χ1) is 10.6. The number of likely N-dealkylation sites (N-methyl/N-ethyl adjacent to an activating group) is 1. The van der Waals surface area contributed by atoms with Gasteiger partial charge in [0.05, 0.1) is 7.11 Å². The Morgan fingerprint density at radius 3 is 2.80 bits per heavy atom. The predicted octanol–water partition coefficient (Wildman–Crippen LogP) is -5.12. The standard InChI is InChI=1S/C18H21NO3.2Li.H2O/c1-19-9-8-17-14-4-3-7-18(17,20)13(19)10-11-5-6-12(21-2)16(22-14)15(11)17;;;/h4-6,13-14H,3,7-10H2,1-2H3;;;1H2/q-2;2*+1;/p-1/t13-,14+,17-,18-;;;/m1.../s1. The second kappa shape index (κ2) is 6.81. The summed E-state index contributed by atoms with van der Waals surface area (Å²) in [5.74, 6) is 1.61. The summed E-state index contributed by atoms with van der Waals surface area (Å²) >= 11 is 0. The number of likely N-dealkylation sites (tertiary alicyclic amines) is 1. The van der Waals surface area contributed by atoms with E-state index in [0.29, 0.717) is 0 Å². The van der Waals surface area contributed by atoms with E-state index in [-0.39, 0.29) is 60.8 Å². The maximum atomic E-state index is 14.1. The van der Waals surface area contributed by atoms with E-state index < -0.39 is 5.60 Å². The van der Waals surface area contributed by atoms with E-state index >= 15 is 0 Å². The minimum atomic E-state index is -0.940. The second-order valence-electron chi connectivity index (χ2n) is 7.26. The second-order valence-corrected chi connectivity index (χ2v) is 7.26. The molecule has 5 rings (SSSR count). The molecule has 1 saturated carbocycles. The molecule has 2 aliphatic heterocycles. The predicted molar refractivity (Wildman–Crippen MR) is 82.0 cm³/mol. The van der Waals surface area contributed by atoms with E-state index in [0.717, 1.165) is 43.7 Å². The molecule has 5 nitrogen and oxygen atoms in total. The Bertz CT molecular complexity index is 673. The van der Waals surface area contributed by atoms with E-state index in [2.05, 4.69) is 24.4 Å². The molecule has 25 heavy (non-hydrogen) atoms. The van der Waals surface area contributed by atoms with E-state index in [1.54, 1.807) is 7.11 Å². The van der Waals surface area contributed by atoms with Crippen molar-refractivity contribution in [2.24, 2.45) is 0 Å². The summed E-state index contributed by atoms with van der Waals surface area (Å²) in [5.41, 5.74) is 1.13. The molecule has 1 aromatic carbocycles. The Hall–Kier alpha value is -0.105. The van der Waals surface area contributed by atoms with Crippen molar-refractivity contribution in [2.75, 3.05) is 20.7 Å². The van der Waals surface area contributed by atoms with Crippen LogP contribution in [0.4, 0.5) is 0 Å². The zero-order chi connectivity index (χ0) is 15.1. The molecule has 0 unspecified atom stereocenters. The molecule has 1 spiro atoms. The van der Waals surface area contributed by atoms with Gasteiger partial charge in [0, 0.05) is 17.0 Å². The summed E-state index contributed by atoms with van der Waals surface area (Å²) in [4.78, 5) is 2.28. The molecule has 2 aliphatic carbocycles. The van der Waals surface area contributed by atoms with Crippen LogP contribution in [0.2, 0.25) is 0 Å². The first kappa shape index (κ1) is 21.2. The van der Waals surface area contributed by atoms with Crippen LogP contribution < -0.4 is 52.3 Å². The summed E-state index contributed by atoms with van der Waals surface area (Å²) in [7, 11) is 3.78. The maximum absolute atomic E-state index is 14.1. The SMILES string of the molecule is COc1ccc2c3c1O[C@H]1[CH-]CC[C@@]4([O-])[C@@H](C2)N(C)CC[C@]314.[Li+].[Li+].[OH-]. The van der Waals surface area contributed by atoms with Gasteiger partial charge in [-0.2, -0.15) is 6.42 Å². The van der Waals surface area contributed by atoms with Gasteiger partial charge in [0.2, 0.25) is 0 Å². The van der Waals surface area contributed by atoms with Gasteiger partial charge in [-0.15, -0.1) is 0 Å². The van der Waals surface area contributed by atoms with Crippen LogP contribution in [0.25, 0.3) is 0 Å². The maximum Gasteiger partial charge on any atom is 1.00 e. The van der Waals surface area contributed by atoms with Gasteiger partial charge in [-0.3, -0.25) is 6.42 Å². The van der Waals surface area contributed by atoms with E-state index in [1.807, 2.05) is 6.07 Å². The molecule has 0 amide bonds. The summed E-state index contributed by atoms with van der Waals surface area (Å²) in [5, 5.41) is 14.1. The van der Waals surface area contributed by atoms with Crippen LogP contribution in [-0.2, 0) is 11.8 Å². The van der Waals surface area contributed by atoms with Gasteiger partial charge in [-0.1, -0.05) is 18.1 Å². The zero-order valence-electron chi connectivity index (χ0n) is 15.5. The Balaban J connectivity index is 0.000000751. The summed E-state index contributed by atoms with van der Waals surface area (Å²) < 4.78 is 11.8. The van der Waals surface area contributed by atoms with Gasteiger partial charge in [0.1, 0.15) is 0 Å². The van der Waals surface area contributed by atoms with Crippen molar-refractivity contribution in [3.63, 3.8) is 0 Å². The van der Waals surface area contributed by atoms with E-state index in [9.17, 15) is 5.11 Å². The largest absolute Gasteiger partial charge is 1.00 e. The third-order valence-electron chi connectivity index (χ3n) is 6.60. The first-order valence-electron chi connectivity index (χ1n) is 8.23. The van der Waals surface area contributed by atoms with Crippen LogP contribution in [0, 0.1) is 6.42 Å². The fraction of sp³-hybridized carbons (Fsp3) is 0.611. The molecule has 2 fully saturated rings. The van der Waals surface area contributed by atoms with E-state index in [1.165, 1.54) is 11.1 Å². The van der Waals surface area contributed by atoms with Crippen LogP contribution in [0.15, 0.2) is 12.1 Å². The van der Waals surface area contributed by atoms with Crippen molar-refractivity contribution in [3.8, 4) is 11.5 Å². The third-order valence-corrected chi connectivity index (χ3v) is 6.60. The van der Waals surface area contributed by atoms with Gasteiger partial charge in [0.15, 0.2) is 11.5 Å². The van der Waals surface area contributed by atoms with Crippen LogP contribution in [0.1, 0.15) is 30.4 Å². The van der Waals surface area contributed by atoms with Crippen LogP contribution in [-0.4, -0.2) is 48.8 Å². The number of hydrogen-bond donors (Lipinski definition) is 0. The number of ether oxygens (including phenoxy) is 2. The normalized spacial score (nSPS) is 36.8. The minimum absolute atomic E-state index is 0. The molecule has 1 N–H and O–H groups in total. The molecule has 126 valence electrons. The van der Waals surface area contributed by atoms with Crippen LogP contribution in [0.3, 0.4) is 0 Å². The average molecular weight is 330 g/mol. The first-order valence-corrected chi connectivity index (χ1v) is 8.23. The van der Waals surface area contributed by atoms with Gasteiger partial charge in [-0.05, 0) is 44.2 Å². The number of nitrogens with zero attached hydrogens (tertiary/aromatic N) is 1. The molecular weight excluding hydrogens is 308 g/mol. The summed E-state index contributed by atoms with van der Waals surface area (Å²) in [6, 6.07) is 4.22. The molecule has 7 heteroatoms. The molecular formula is C18H22Li2NO4-. The van der Waals surface area contributed by atoms with Gasteiger partial charge >= 0.3 is 37.7 Å². The van der Waals surface area contributed by atoms with Crippen molar-refractivity contribution in [2.45, 2.75) is 48.8 Å². The number of rotatable bonds is 1. The average Bonchev–Trinajstić information content (AvgIpc) is 2.85.